The molecule has 0 saturated carbocycles. The summed E-state index contributed by atoms with van der Waals surface area (Å²) in [4.78, 5) is 18.7. The van der Waals surface area contributed by atoms with Crippen molar-refractivity contribution in [3.8, 4) is 5.75 Å². The van der Waals surface area contributed by atoms with Gasteiger partial charge in [-0.1, -0.05) is 11.6 Å². The van der Waals surface area contributed by atoms with Gasteiger partial charge in [0.05, 0.1) is 16.0 Å². The summed E-state index contributed by atoms with van der Waals surface area (Å²) in [6, 6.07) is 10.6. The molecule has 0 unspecified atom stereocenters. The second-order valence-electron chi connectivity index (χ2n) is 4.47. The van der Waals surface area contributed by atoms with Gasteiger partial charge in [0.15, 0.2) is 11.0 Å². The number of nitro benzene ring substituents is 1. The van der Waals surface area contributed by atoms with Crippen LogP contribution in [-0.2, 0) is 0 Å². The summed E-state index contributed by atoms with van der Waals surface area (Å²) in [5.74, 6) is 0.474. The van der Waals surface area contributed by atoms with Crippen molar-refractivity contribution in [3.05, 3.63) is 57.7 Å². The van der Waals surface area contributed by atoms with Gasteiger partial charge in [0, 0.05) is 17.8 Å². The number of nitro groups is 1. The Kier molecular flexibility index (Phi) is 3.48. The number of fused-ring (bicyclic) bond motifs is 1. The summed E-state index contributed by atoms with van der Waals surface area (Å²) in [5, 5.41) is 23.1. The number of phenols is 1. The topological polar surface area (TPSA) is 101 Å². The minimum absolute atomic E-state index is 0.0721. The van der Waals surface area contributed by atoms with Crippen LogP contribution >= 0.6 is 11.6 Å². The van der Waals surface area contributed by atoms with Crippen LogP contribution < -0.4 is 5.32 Å². The molecule has 22 heavy (non-hydrogen) atoms. The van der Waals surface area contributed by atoms with Crippen LogP contribution in [0.2, 0.25) is 5.15 Å². The molecule has 7 nitrogen and oxygen atoms in total. The van der Waals surface area contributed by atoms with Crippen LogP contribution in [0.1, 0.15) is 0 Å². The number of hydrogen-bond acceptors (Lipinski definition) is 6. The van der Waals surface area contributed by atoms with Crippen molar-refractivity contribution in [1.29, 1.82) is 0 Å². The van der Waals surface area contributed by atoms with Crippen molar-refractivity contribution >= 4 is 39.8 Å². The Morgan fingerprint density at radius 2 is 1.82 bits per heavy atom. The molecule has 0 fully saturated rings. The molecule has 0 atom stereocenters. The molecule has 1 aromatic heterocycles. The Labute approximate surface area is 129 Å². The summed E-state index contributed by atoms with van der Waals surface area (Å²) < 4.78 is 0. The molecule has 0 radical (unpaired) electrons. The first-order valence-corrected chi connectivity index (χ1v) is 6.58. The Morgan fingerprint density at radius 3 is 2.50 bits per heavy atom. The second kappa shape index (κ2) is 5.45. The van der Waals surface area contributed by atoms with Crippen molar-refractivity contribution in [1.82, 2.24) is 9.97 Å². The van der Waals surface area contributed by atoms with Gasteiger partial charge in [-0.25, -0.2) is 9.97 Å². The van der Waals surface area contributed by atoms with E-state index in [1.165, 1.54) is 30.3 Å². The van der Waals surface area contributed by atoms with E-state index in [-0.39, 0.29) is 16.6 Å². The van der Waals surface area contributed by atoms with Crippen LogP contribution in [0.25, 0.3) is 11.0 Å². The van der Waals surface area contributed by atoms with Crippen LogP contribution in [0.3, 0.4) is 0 Å². The number of benzene rings is 2. The first kappa shape index (κ1) is 14.0. The lowest BCUT2D eigenvalue weighted by atomic mass is 10.2. The van der Waals surface area contributed by atoms with Gasteiger partial charge in [-0.05, 0) is 30.3 Å². The first-order valence-electron chi connectivity index (χ1n) is 6.21. The molecule has 0 aliphatic rings. The molecule has 2 N–H and O–H groups in total. The van der Waals surface area contributed by atoms with E-state index in [4.69, 9.17) is 11.6 Å². The number of halogens is 1. The van der Waals surface area contributed by atoms with E-state index in [9.17, 15) is 15.2 Å². The number of rotatable bonds is 3. The third kappa shape index (κ3) is 2.75. The standard InChI is InChI=1S/C14H9ClN4O3/c15-13-14(16-8-1-4-10(20)5-2-8)18-11-6-3-9(19(21)22)7-12(11)17-13/h1-7,20H,(H,16,18). The largest absolute Gasteiger partial charge is 0.508 e. The van der Waals surface area contributed by atoms with Crippen LogP contribution in [0, 0.1) is 10.1 Å². The van der Waals surface area contributed by atoms with Gasteiger partial charge >= 0.3 is 0 Å². The minimum atomic E-state index is -0.502. The molecule has 0 saturated heterocycles. The predicted molar refractivity (Wildman–Crippen MR) is 82.6 cm³/mol. The number of aromatic hydroxyl groups is 1. The summed E-state index contributed by atoms with van der Waals surface area (Å²) in [6.07, 6.45) is 0. The molecular weight excluding hydrogens is 308 g/mol. The number of phenolic OH excluding ortho intramolecular Hbond substituents is 1. The lowest BCUT2D eigenvalue weighted by molar-refractivity contribution is -0.384. The maximum atomic E-state index is 10.8. The second-order valence-corrected chi connectivity index (χ2v) is 4.82. The van der Waals surface area contributed by atoms with Crippen molar-refractivity contribution in [2.24, 2.45) is 0 Å². The van der Waals surface area contributed by atoms with Gasteiger partial charge in [0.25, 0.3) is 5.69 Å². The molecule has 0 aliphatic carbocycles. The van der Waals surface area contributed by atoms with E-state index < -0.39 is 4.92 Å². The zero-order valence-corrected chi connectivity index (χ0v) is 11.8. The quantitative estimate of drug-likeness (QED) is 0.434. The predicted octanol–water partition coefficient (Wildman–Crippen LogP) is 3.64. The number of aromatic nitrogens is 2. The zero-order chi connectivity index (χ0) is 15.7. The molecule has 3 aromatic rings. The number of anilines is 2. The Hall–Kier alpha value is -2.93. The zero-order valence-electron chi connectivity index (χ0n) is 11.0. The van der Waals surface area contributed by atoms with Crippen LogP contribution in [0.4, 0.5) is 17.2 Å². The summed E-state index contributed by atoms with van der Waals surface area (Å²) in [7, 11) is 0. The van der Waals surface area contributed by atoms with Crippen LogP contribution in [0.15, 0.2) is 42.5 Å². The smallest absolute Gasteiger partial charge is 0.271 e. The summed E-state index contributed by atoms with van der Waals surface area (Å²) in [5.41, 5.74) is 1.43. The maximum absolute atomic E-state index is 10.8. The van der Waals surface area contributed by atoms with Gasteiger partial charge in [0.1, 0.15) is 5.75 Å². The highest BCUT2D eigenvalue weighted by molar-refractivity contribution is 6.32. The van der Waals surface area contributed by atoms with E-state index in [0.29, 0.717) is 22.5 Å². The monoisotopic (exact) mass is 316 g/mol. The fraction of sp³-hybridized carbons (Fsp3) is 0. The van der Waals surface area contributed by atoms with Crippen LogP contribution in [0.5, 0.6) is 5.75 Å². The van der Waals surface area contributed by atoms with Crippen molar-refractivity contribution < 1.29 is 10.0 Å². The molecule has 8 heteroatoms. The molecule has 0 spiro atoms. The van der Waals surface area contributed by atoms with Crippen molar-refractivity contribution in [2.45, 2.75) is 0 Å². The van der Waals surface area contributed by atoms with Gasteiger partial charge in [-0.15, -0.1) is 0 Å². The van der Waals surface area contributed by atoms with Crippen LogP contribution in [-0.4, -0.2) is 20.0 Å². The minimum Gasteiger partial charge on any atom is -0.508 e. The summed E-state index contributed by atoms with van der Waals surface area (Å²) in [6.45, 7) is 0. The highest BCUT2D eigenvalue weighted by Gasteiger charge is 2.11. The molecule has 0 amide bonds. The van der Waals surface area contributed by atoms with Gasteiger partial charge < -0.3 is 10.4 Å². The van der Waals surface area contributed by atoms with E-state index in [1.807, 2.05) is 0 Å². The Bertz CT molecular complexity index is 868. The molecule has 0 aliphatic heterocycles. The maximum Gasteiger partial charge on any atom is 0.271 e. The average molecular weight is 317 g/mol. The molecule has 0 bridgehead atoms. The van der Waals surface area contributed by atoms with Gasteiger partial charge in [-0.3, -0.25) is 10.1 Å². The van der Waals surface area contributed by atoms with E-state index in [2.05, 4.69) is 15.3 Å². The number of hydrogen-bond donors (Lipinski definition) is 2. The number of nitrogens with one attached hydrogen (secondary N) is 1. The van der Waals surface area contributed by atoms with E-state index in [0.717, 1.165) is 0 Å². The van der Waals surface area contributed by atoms with E-state index >= 15 is 0 Å². The highest BCUT2D eigenvalue weighted by atomic mass is 35.5. The molecule has 2 aromatic carbocycles. The van der Waals surface area contributed by atoms with Gasteiger partial charge in [0.2, 0.25) is 0 Å². The molecule has 1 heterocycles. The average Bonchev–Trinajstić information content (AvgIpc) is 2.49. The third-order valence-electron chi connectivity index (χ3n) is 2.95. The van der Waals surface area contributed by atoms with Gasteiger partial charge in [-0.2, -0.15) is 0 Å². The van der Waals surface area contributed by atoms with Crippen molar-refractivity contribution in [2.75, 3.05) is 5.32 Å². The number of nitrogens with zero attached hydrogens (tertiary/aromatic N) is 3. The fourth-order valence-electron chi connectivity index (χ4n) is 1.90. The number of non-ortho nitro benzene ring substituents is 1. The molecular formula is C14H9ClN4O3. The molecule has 110 valence electrons. The van der Waals surface area contributed by atoms with E-state index in [1.54, 1.807) is 12.1 Å². The Balaban J connectivity index is 2.00. The lowest BCUT2D eigenvalue weighted by Gasteiger charge is -2.08. The first-order chi connectivity index (χ1) is 10.5. The highest BCUT2D eigenvalue weighted by Crippen LogP contribution is 2.27. The summed E-state index contributed by atoms with van der Waals surface area (Å²) >= 11 is 6.06. The Morgan fingerprint density at radius 1 is 1.09 bits per heavy atom. The third-order valence-corrected chi connectivity index (χ3v) is 3.21. The fourth-order valence-corrected chi connectivity index (χ4v) is 2.08. The lowest BCUT2D eigenvalue weighted by Crippen LogP contribution is -1.98. The SMILES string of the molecule is O=[N+]([O-])c1ccc2nc(Nc3ccc(O)cc3)c(Cl)nc2c1. The normalized spacial score (nSPS) is 10.6. The molecule has 3 rings (SSSR count). The van der Waals surface area contributed by atoms with Crippen molar-refractivity contribution in [3.63, 3.8) is 0 Å².